The van der Waals surface area contributed by atoms with Gasteiger partial charge in [-0.2, -0.15) is 0 Å². The lowest BCUT2D eigenvalue weighted by atomic mass is 10.2. The summed E-state index contributed by atoms with van der Waals surface area (Å²) in [5.74, 6) is -1.31. The molecule has 1 N–H and O–H groups in total. The number of sulfonamides is 1. The molecule has 170 valence electrons. The Labute approximate surface area is 193 Å². The summed E-state index contributed by atoms with van der Waals surface area (Å²) in [5, 5.41) is 2.65. The number of anilines is 2. The van der Waals surface area contributed by atoms with E-state index in [2.05, 4.69) is 11.9 Å². The van der Waals surface area contributed by atoms with E-state index in [0.717, 1.165) is 0 Å². The first kappa shape index (κ1) is 23.7. The van der Waals surface area contributed by atoms with Crippen molar-refractivity contribution in [1.82, 2.24) is 0 Å². The molecule has 0 spiro atoms. The molecule has 0 fully saturated rings. The van der Waals surface area contributed by atoms with Gasteiger partial charge in [0.25, 0.3) is 15.9 Å². The van der Waals surface area contributed by atoms with E-state index in [1.54, 1.807) is 54.6 Å². The van der Waals surface area contributed by atoms with Crippen molar-refractivity contribution in [3.63, 3.8) is 0 Å². The van der Waals surface area contributed by atoms with Crippen LogP contribution in [-0.2, 0) is 19.6 Å². The van der Waals surface area contributed by atoms with Crippen LogP contribution in [0.2, 0.25) is 0 Å². The van der Waals surface area contributed by atoms with E-state index in [0.29, 0.717) is 11.4 Å². The molecule has 0 saturated carbocycles. The molecular weight excluding hydrogens is 440 g/mol. The lowest BCUT2D eigenvalue weighted by Gasteiger charge is -2.23. The van der Waals surface area contributed by atoms with Gasteiger partial charge in [-0.3, -0.25) is 9.10 Å². The Bertz CT molecular complexity index is 1230. The Kier molecular flexibility index (Phi) is 7.63. The first-order chi connectivity index (χ1) is 15.8. The Hall–Kier alpha value is -3.91. The smallest absolute Gasteiger partial charge is 0.338 e. The molecule has 0 aromatic heterocycles. The highest BCUT2D eigenvalue weighted by Gasteiger charge is 2.26. The molecule has 33 heavy (non-hydrogen) atoms. The number of hydrogen-bond acceptors (Lipinski definition) is 5. The highest BCUT2D eigenvalue weighted by Crippen LogP contribution is 2.24. The summed E-state index contributed by atoms with van der Waals surface area (Å²) < 4.78 is 33.0. The number of nitrogens with zero attached hydrogens (tertiary/aromatic N) is 1. The summed E-state index contributed by atoms with van der Waals surface area (Å²) in [6.45, 7) is 5.14. The molecule has 7 nitrogen and oxygen atoms in total. The van der Waals surface area contributed by atoms with Crippen LogP contribution in [0.4, 0.5) is 11.4 Å². The van der Waals surface area contributed by atoms with E-state index >= 15 is 0 Å². The number of nitrogens with one attached hydrogen (secondary N) is 1. The normalized spacial score (nSPS) is 11.8. The highest BCUT2D eigenvalue weighted by atomic mass is 32.2. The molecule has 0 unspecified atom stereocenters. The van der Waals surface area contributed by atoms with Gasteiger partial charge >= 0.3 is 5.97 Å². The van der Waals surface area contributed by atoms with Gasteiger partial charge < -0.3 is 10.1 Å². The minimum atomic E-state index is -3.98. The molecule has 3 aromatic carbocycles. The number of para-hydroxylation sites is 2. The summed E-state index contributed by atoms with van der Waals surface area (Å²) in [6.07, 6.45) is 0.398. The zero-order valence-electron chi connectivity index (χ0n) is 18.0. The van der Waals surface area contributed by atoms with Crippen molar-refractivity contribution >= 4 is 33.3 Å². The van der Waals surface area contributed by atoms with Crippen LogP contribution >= 0.6 is 0 Å². The number of ether oxygens (including phenoxy) is 1. The average Bonchev–Trinajstić information content (AvgIpc) is 2.83. The number of hydrogen-bond donors (Lipinski definition) is 1. The Morgan fingerprint density at radius 2 is 1.64 bits per heavy atom. The van der Waals surface area contributed by atoms with Gasteiger partial charge in [0.2, 0.25) is 0 Å². The largest absolute Gasteiger partial charge is 0.449 e. The fourth-order valence-electron chi connectivity index (χ4n) is 3.01. The molecule has 0 bridgehead atoms. The summed E-state index contributed by atoms with van der Waals surface area (Å²) in [4.78, 5) is 24.9. The molecule has 3 rings (SSSR count). The SMILES string of the molecule is C=CCN(c1ccccc1)S(=O)(=O)c1cccc(C(=O)O[C@H](C)C(=O)Nc2ccccc2)c1. The van der Waals surface area contributed by atoms with E-state index < -0.39 is 28.0 Å². The quantitative estimate of drug-likeness (QED) is 0.377. The molecule has 0 aliphatic carbocycles. The van der Waals surface area contributed by atoms with Crippen molar-refractivity contribution < 1.29 is 22.7 Å². The summed E-state index contributed by atoms with van der Waals surface area (Å²) in [5.41, 5.74) is 1.06. The first-order valence-corrected chi connectivity index (χ1v) is 11.6. The van der Waals surface area contributed by atoms with E-state index in [1.165, 1.54) is 41.6 Å². The fraction of sp³-hybridized carbons (Fsp3) is 0.120. The molecule has 8 heteroatoms. The minimum absolute atomic E-state index is 0.0158. The third-order valence-electron chi connectivity index (χ3n) is 4.69. The van der Waals surface area contributed by atoms with Crippen LogP contribution in [0.15, 0.2) is 102 Å². The third kappa shape index (κ3) is 5.87. The second-order valence-electron chi connectivity index (χ2n) is 7.09. The van der Waals surface area contributed by atoms with Gasteiger partial charge in [-0.25, -0.2) is 13.2 Å². The van der Waals surface area contributed by atoms with Gasteiger partial charge in [-0.15, -0.1) is 6.58 Å². The van der Waals surface area contributed by atoms with E-state index in [4.69, 9.17) is 4.74 Å². The molecule has 0 radical (unpaired) electrons. The van der Waals surface area contributed by atoms with Gasteiger partial charge in [0, 0.05) is 5.69 Å². The van der Waals surface area contributed by atoms with Crippen molar-refractivity contribution in [3.05, 3.63) is 103 Å². The second-order valence-corrected chi connectivity index (χ2v) is 8.95. The number of benzene rings is 3. The van der Waals surface area contributed by atoms with E-state index in [-0.39, 0.29) is 17.0 Å². The maximum absolute atomic E-state index is 13.3. The lowest BCUT2D eigenvalue weighted by Crippen LogP contribution is -2.31. The monoisotopic (exact) mass is 464 g/mol. The van der Waals surface area contributed by atoms with E-state index in [1.807, 2.05) is 6.07 Å². The number of carbonyl (C=O) groups is 2. The van der Waals surface area contributed by atoms with Crippen LogP contribution in [0.5, 0.6) is 0 Å². The van der Waals surface area contributed by atoms with Crippen LogP contribution in [0.25, 0.3) is 0 Å². The van der Waals surface area contributed by atoms with Crippen LogP contribution in [0, 0.1) is 0 Å². The minimum Gasteiger partial charge on any atom is -0.449 e. The number of carbonyl (C=O) groups excluding carboxylic acids is 2. The van der Waals surface area contributed by atoms with Gasteiger partial charge in [0.05, 0.1) is 22.7 Å². The summed E-state index contributed by atoms with van der Waals surface area (Å²) in [6, 6.07) is 22.9. The number of esters is 1. The average molecular weight is 465 g/mol. The molecule has 1 amide bonds. The van der Waals surface area contributed by atoms with Gasteiger partial charge in [-0.1, -0.05) is 48.5 Å². The van der Waals surface area contributed by atoms with Crippen molar-refractivity contribution in [2.24, 2.45) is 0 Å². The number of rotatable bonds is 9. The fourth-order valence-corrected chi connectivity index (χ4v) is 4.49. The molecule has 0 aliphatic heterocycles. The van der Waals surface area contributed by atoms with Crippen molar-refractivity contribution in [2.75, 3.05) is 16.2 Å². The van der Waals surface area contributed by atoms with Crippen molar-refractivity contribution in [2.45, 2.75) is 17.9 Å². The summed E-state index contributed by atoms with van der Waals surface area (Å²) >= 11 is 0. The van der Waals surface area contributed by atoms with Crippen LogP contribution in [0.3, 0.4) is 0 Å². The standard InChI is InChI=1S/C25H24N2O5S/c1-3-17-27(22-14-8-5-9-15-22)33(30,31)23-16-10-11-20(18-23)25(29)32-19(2)24(28)26-21-12-6-4-7-13-21/h3-16,18-19H,1,17H2,2H3,(H,26,28)/t19-/m1/s1. The maximum Gasteiger partial charge on any atom is 0.338 e. The lowest BCUT2D eigenvalue weighted by molar-refractivity contribution is -0.123. The van der Waals surface area contributed by atoms with Gasteiger partial charge in [0.1, 0.15) is 0 Å². The molecule has 0 heterocycles. The van der Waals surface area contributed by atoms with Gasteiger partial charge in [0.15, 0.2) is 6.10 Å². The van der Waals surface area contributed by atoms with Crippen LogP contribution in [-0.4, -0.2) is 32.9 Å². The third-order valence-corrected chi connectivity index (χ3v) is 6.48. The molecule has 0 aliphatic rings. The topological polar surface area (TPSA) is 92.8 Å². The van der Waals surface area contributed by atoms with Crippen LogP contribution in [0.1, 0.15) is 17.3 Å². The van der Waals surface area contributed by atoms with Crippen molar-refractivity contribution in [3.8, 4) is 0 Å². The number of amides is 1. The van der Waals surface area contributed by atoms with Crippen molar-refractivity contribution in [1.29, 1.82) is 0 Å². The van der Waals surface area contributed by atoms with Gasteiger partial charge in [-0.05, 0) is 49.4 Å². The molecule has 0 saturated heterocycles. The zero-order chi connectivity index (χ0) is 23.8. The molecule has 3 aromatic rings. The summed E-state index contributed by atoms with van der Waals surface area (Å²) in [7, 11) is -3.98. The highest BCUT2D eigenvalue weighted by molar-refractivity contribution is 7.92. The first-order valence-electron chi connectivity index (χ1n) is 10.2. The molecule has 1 atom stereocenters. The second kappa shape index (κ2) is 10.6. The molecular formula is C25H24N2O5S. The Morgan fingerprint density at radius 1 is 1.00 bits per heavy atom. The zero-order valence-corrected chi connectivity index (χ0v) is 18.9. The van der Waals surface area contributed by atoms with Crippen LogP contribution < -0.4 is 9.62 Å². The van der Waals surface area contributed by atoms with E-state index in [9.17, 15) is 18.0 Å². The maximum atomic E-state index is 13.3. The Morgan fingerprint density at radius 3 is 2.27 bits per heavy atom. The predicted molar refractivity (Wildman–Crippen MR) is 128 cm³/mol. The Balaban J connectivity index is 1.78. The predicted octanol–water partition coefficient (Wildman–Crippen LogP) is 4.25.